The average Bonchev–Trinajstić information content (AvgIpc) is 3.31. The van der Waals surface area contributed by atoms with Crippen LogP contribution in [0, 0.1) is 0 Å². The van der Waals surface area contributed by atoms with Crippen LogP contribution in [0.1, 0.15) is 42.5 Å². The largest absolute Gasteiger partial charge is 0.383 e. The molecule has 0 spiro atoms. The minimum Gasteiger partial charge on any atom is -0.383 e. The van der Waals surface area contributed by atoms with Crippen molar-refractivity contribution in [1.82, 2.24) is 4.90 Å². The molecule has 4 heteroatoms. The highest BCUT2D eigenvalue weighted by Crippen LogP contribution is 2.23. The lowest BCUT2D eigenvalue weighted by Gasteiger charge is -2.28. The molecule has 0 bridgehead atoms. The topological polar surface area (TPSA) is 37.2 Å². The van der Waals surface area contributed by atoms with Crippen LogP contribution in [0.5, 0.6) is 0 Å². The summed E-state index contributed by atoms with van der Waals surface area (Å²) in [6, 6.07) is 31.4. The highest BCUT2D eigenvalue weighted by atomic mass is 16.5. The number of rotatable bonds is 6. The number of amidine groups is 2. The van der Waals surface area contributed by atoms with E-state index in [0.29, 0.717) is 12.6 Å². The normalized spacial score (nSPS) is 18.1. The van der Waals surface area contributed by atoms with Gasteiger partial charge in [-0.3, -0.25) is 4.99 Å². The fourth-order valence-corrected chi connectivity index (χ4v) is 4.21. The second-order valence-electron chi connectivity index (χ2n) is 8.15. The molecule has 4 rings (SSSR count). The van der Waals surface area contributed by atoms with Gasteiger partial charge in [0.05, 0.1) is 18.7 Å². The standard InChI is InChI=1S/C28H31N3O/c1-22(23-13-6-3-7-14-23)29-27(24-15-8-4-9-16-24)30-28(25-17-10-5-11-18-25)31-20-12-19-26(31)21-32-2/h3-11,13-18,22,26H,12,19-21H2,1-2H3. The monoisotopic (exact) mass is 425 g/mol. The minimum absolute atomic E-state index is 0.000490. The molecule has 1 heterocycles. The van der Waals surface area contributed by atoms with E-state index in [4.69, 9.17) is 14.7 Å². The van der Waals surface area contributed by atoms with Gasteiger partial charge in [0, 0.05) is 24.8 Å². The molecule has 0 radical (unpaired) electrons. The van der Waals surface area contributed by atoms with Crippen molar-refractivity contribution < 1.29 is 4.74 Å². The molecule has 1 aliphatic heterocycles. The van der Waals surface area contributed by atoms with E-state index in [1.54, 1.807) is 7.11 Å². The second-order valence-corrected chi connectivity index (χ2v) is 8.15. The van der Waals surface area contributed by atoms with Gasteiger partial charge in [0.1, 0.15) is 5.84 Å². The summed E-state index contributed by atoms with van der Waals surface area (Å²) in [4.78, 5) is 12.7. The molecule has 3 aromatic rings. The van der Waals surface area contributed by atoms with Crippen LogP contribution in [0.4, 0.5) is 0 Å². The Kier molecular flexibility index (Phi) is 7.47. The first-order chi connectivity index (χ1) is 15.8. The first-order valence-electron chi connectivity index (χ1n) is 11.3. The Hall–Kier alpha value is -3.24. The van der Waals surface area contributed by atoms with E-state index >= 15 is 0 Å². The van der Waals surface area contributed by atoms with E-state index in [-0.39, 0.29) is 6.04 Å². The van der Waals surface area contributed by atoms with Gasteiger partial charge in [-0.1, -0.05) is 91.0 Å². The molecule has 1 aliphatic rings. The van der Waals surface area contributed by atoms with E-state index in [9.17, 15) is 0 Å². The Balaban J connectivity index is 1.81. The number of nitrogens with zero attached hydrogens (tertiary/aromatic N) is 3. The van der Waals surface area contributed by atoms with Crippen molar-refractivity contribution in [3.63, 3.8) is 0 Å². The summed E-state index contributed by atoms with van der Waals surface area (Å²) in [5.74, 6) is 1.72. The smallest absolute Gasteiger partial charge is 0.157 e. The summed E-state index contributed by atoms with van der Waals surface area (Å²) in [5, 5.41) is 0. The maximum Gasteiger partial charge on any atom is 0.157 e. The Labute approximate surface area is 191 Å². The quantitative estimate of drug-likeness (QED) is 0.372. The van der Waals surface area contributed by atoms with Crippen LogP contribution in [0.3, 0.4) is 0 Å². The third-order valence-electron chi connectivity index (χ3n) is 5.88. The van der Waals surface area contributed by atoms with Gasteiger partial charge < -0.3 is 9.64 Å². The number of benzene rings is 3. The van der Waals surface area contributed by atoms with E-state index in [1.165, 1.54) is 5.56 Å². The zero-order chi connectivity index (χ0) is 22.2. The molecule has 3 aromatic carbocycles. The highest BCUT2D eigenvalue weighted by molar-refractivity contribution is 6.11. The van der Waals surface area contributed by atoms with Crippen molar-refractivity contribution in [2.45, 2.75) is 31.8 Å². The first-order valence-corrected chi connectivity index (χ1v) is 11.3. The summed E-state index contributed by atoms with van der Waals surface area (Å²) in [7, 11) is 1.77. The van der Waals surface area contributed by atoms with Crippen LogP contribution in [-0.2, 0) is 4.74 Å². The van der Waals surface area contributed by atoms with Gasteiger partial charge in [-0.2, -0.15) is 0 Å². The summed E-state index contributed by atoms with van der Waals surface area (Å²) >= 11 is 0. The highest BCUT2D eigenvalue weighted by Gasteiger charge is 2.28. The molecular weight excluding hydrogens is 394 g/mol. The molecule has 164 valence electrons. The number of hydrogen-bond acceptors (Lipinski definition) is 2. The fourth-order valence-electron chi connectivity index (χ4n) is 4.21. The number of aliphatic imine (C=N–C) groups is 2. The molecule has 0 N–H and O–H groups in total. The molecule has 32 heavy (non-hydrogen) atoms. The van der Waals surface area contributed by atoms with E-state index in [1.807, 2.05) is 30.3 Å². The molecule has 2 atom stereocenters. The van der Waals surface area contributed by atoms with Gasteiger partial charge in [0.15, 0.2) is 5.84 Å². The number of hydrogen-bond donors (Lipinski definition) is 0. The van der Waals surface area contributed by atoms with Crippen LogP contribution in [-0.4, -0.2) is 42.9 Å². The predicted octanol–water partition coefficient (Wildman–Crippen LogP) is 5.75. The molecule has 1 fully saturated rings. The zero-order valence-electron chi connectivity index (χ0n) is 18.9. The van der Waals surface area contributed by atoms with Crippen molar-refractivity contribution in [1.29, 1.82) is 0 Å². The van der Waals surface area contributed by atoms with Crippen LogP contribution in [0.2, 0.25) is 0 Å². The third-order valence-corrected chi connectivity index (χ3v) is 5.88. The van der Waals surface area contributed by atoms with Gasteiger partial charge in [-0.15, -0.1) is 0 Å². The van der Waals surface area contributed by atoms with Gasteiger partial charge in [0.25, 0.3) is 0 Å². The Morgan fingerprint density at radius 3 is 2.12 bits per heavy atom. The third kappa shape index (κ3) is 5.32. The average molecular weight is 426 g/mol. The summed E-state index contributed by atoms with van der Waals surface area (Å²) in [6.07, 6.45) is 2.25. The molecule has 2 unspecified atom stereocenters. The zero-order valence-corrected chi connectivity index (χ0v) is 18.9. The molecule has 1 saturated heterocycles. The van der Waals surface area contributed by atoms with Crippen molar-refractivity contribution in [3.05, 3.63) is 108 Å². The summed E-state index contributed by atoms with van der Waals surface area (Å²) < 4.78 is 5.53. The fraction of sp³-hybridized carbons (Fsp3) is 0.286. The number of ether oxygens (including phenoxy) is 1. The maximum absolute atomic E-state index is 5.53. The van der Waals surface area contributed by atoms with E-state index < -0.39 is 0 Å². The van der Waals surface area contributed by atoms with Crippen molar-refractivity contribution in [3.8, 4) is 0 Å². The molecule has 0 amide bonds. The molecule has 4 nitrogen and oxygen atoms in total. The Morgan fingerprint density at radius 2 is 1.50 bits per heavy atom. The Bertz CT molecular complexity index is 1030. The SMILES string of the molecule is COCC1CCCN1C(=NC(=NC(C)c1ccccc1)c1ccccc1)c1ccccc1. The van der Waals surface area contributed by atoms with Crippen molar-refractivity contribution in [2.75, 3.05) is 20.3 Å². The molecule has 0 aromatic heterocycles. The first kappa shape index (κ1) is 22.0. The lowest BCUT2D eigenvalue weighted by atomic mass is 10.1. The van der Waals surface area contributed by atoms with Crippen LogP contribution >= 0.6 is 0 Å². The van der Waals surface area contributed by atoms with Crippen molar-refractivity contribution in [2.24, 2.45) is 9.98 Å². The lowest BCUT2D eigenvalue weighted by molar-refractivity contribution is 0.145. The predicted molar refractivity (Wildman–Crippen MR) is 132 cm³/mol. The van der Waals surface area contributed by atoms with Gasteiger partial charge >= 0.3 is 0 Å². The van der Waals surface area contributed by atoms with Crippen molar-refractivity contribution >= 4 is 11.7 Å². The number of likely N-dealkylation sites (tertiary alicyclic amines) is 1. The Morgan fingerprint density at radius 1 is 0.906 bits per heavy atom. The number of methoxy groups -OCH3 is 1. The van der Waals surface area contributed by atoms with Gasteiger partial charge in [-0.25, -0.2) is 4.99 Å². The summed E-state index contributed by atoms with van der Waals surface area (Å²) in [6.45, 7) is 3.79. The van der Waals surface area contributed by atoms with Crippen LogP contribution < -0.4 is 0 Å². The second kappa shape index (κ2) is 10.9. The molecule has 0 aliphatic carbocycles. The molecular formula is C28H31N3O. The van der Waals surface area contributed by atoms with Crippen LogP contribution in [0.15, 0.2) is 101 Å². The minimum atomic E-state index is 0.000490. The van der Waals surface area contributed by atoms with Crippen LogP contribution in [0.25, 0.3) is 0 Å². The molecule has 0 saturated carbocycles. The van der Waals surface area contributed by atoms with Gasteiger partial charge in [-0.05, 0) is 25.3 Å². The maximum atomic E-state index is 5.53. The summed E-state index contributed by atoms with van der Waals surface area (Å²) in [5.41, 5.74) is 3.30. The van der Waals surface area contributed by atoms with Gasteiger partial charge in [0.2, 0.25) is 0 Å². The van der Waals surface area contributed by atoms with E-state index in [0.717, 1.165) is 42.2 Å². The van der Waals surface area contributed by atoms with E-state index in [2.05, 4.69) is 72.5 Å². The lowest BCUT2D eigenvalue weighted by Crippen LogP contribution is -2.39.